The Hall–Kier alpha value is -6.46. The molecule has 0 saturated heterocycles. The molecule has 0 unspecified atom stereocenters. The van der Waals surface area contributed by atoms with Gasteiger partial charge in [-0.1, -0.05) is 97.1 Å². The molecule has 0 atom stereocenters. The number of aromatic nitrogens is 1. The van der Waals surface area contributed by atoms with Crippen LogP contribution in [0.5, 0.6) is 0 Å². The summed E-state index contributed by atoms with van der Waals surface area (Å²) in [6.07, 6.45) is 0. The van der Waals surface area contributed by atoms with Crippen LogP contribution in [0.4, 0.5) is 45.5 Å². The van der Waals surface area contributed by atoms with Crippen molar-refractivity contribution >= 4 is 79.5 Å². The summed E-state index contributed by atoms with van der Waals surface area (Å²) in [4.78, 5) is 7.18. The minimum Gasteiger partial charge on any atom is -0.345 e. The molecular weight excluding hydrogens is 631 g/mol. The molecule has 248 valence electrons. The Bertz CT molecular complexity index is 2540. The topological polar surface area (TPSA) is 14.7 Å². The molecule has 0 bridgehead atoms. The highest BCUT2D eigenvalue weighted by atomic mass is 15.2. The third kappa shape index (κ3) is 4.49. The monoisotopic (exact) mass is 668 g/mol. The number of hydrogen-bond acceptors (Lipinski definition) is 3. The molecule has 2 aliphatic rings. The van der Waals surface area contributed by atoms with E-state index in [9.17, 15) is 0 Å². The summed E-state index contributed by atoms with van der Waals surface area (Å²) in [5.74, 6) is 0. The number of hydrogen-bond donors (Lipinski definition) is 0. The maximum atomic E-state index is 2.53. The molecule has 0 fully saturated rings. The van der Waals surface area contributed by atoms with E-state index in [1.807, 2.05) is 0 Å². The van der Waals surface area contributed by atoms with Crippen LogP contribution in [0.25, 0.3) is 16.6 Å². The Labute approximate surface area is 305 Å². The van der Waals surface area contributed by atoms with Gasteiger partial charge in [0.2, 0.25) is 0 Å². The zero-order valence-corrected chi connectivity index (χ0v) is 29.5. The minimum absolute atomic E-state index is 0.0907. The van der Waals surface area contributed by atoms with Crippen LogP contribution in [0, 0.1) is 13.8 Å². The van der Waals surface area contributed by atoms with Gasteiger partial charge in [-0.15, -0.1) is 0 Å². The summed E-state index contributed by atoms with van der Waals surface area (Å²) >= 11 is 0. The Morgan fingerprint density at radius 2 is 0.942 bits per heavy atom. The van der Waals surface area contributed by atoms with Gasteiger partial charge in [0.15, 0.2) is 0 Å². The van der Waals surface area contributed by atoms with Gasteiger partial charge >= 0.3 is 0 Å². The van der Waals surface area contributed by atoms with Gasteiger partial charge in [0.05, 0.1) is 5.69 Å². The van der Waals surface area contributed by atoms with Crippen molar-refractivity contribution in [2.75, 3.05) is 21.7 Å². The largest absolute Gasteiger partial charge is 0.345 e. The lowest BCUT2D eigenvalue weighted by Crippen LogP contribution is -2.60. The van der Waals surface area contributed by atoms with Gasteiger partial charge in [0.25, 0.3) is 6.71 Å². The number of fused-ring (bicyclic) bond motifs is 4. The molecular formula is C47H37BN4. The van der Waals surface area contributed by atoms with E-state index in [1.54, 1.807) is 0 Å². The van der Waals surface area contributed by atoms with Crippen LogP contribution in [0.15, 0.2) is 170 Å². The van der Waals surface area contributed by atoms with E-state index in [4.69, 9.17) is 0 Å². The highest BCUT2D eigenvalue weighted by molar-refractivity contribution is 7.00. The van der Waals surface area contributed by atoms with Gasteiger partial charge < -0.3 is 19.3 Å². The molecule has 2 aliphatic heterocycles. The second-order valence-electron chi connectivity index (χ2n) is 13.9. The van der Waals surface area contributed by atoms with E-state index >= 15 is 0 Å². The summed E-state index contributed by atoms with van der Waals surface area (Å²) in [7, 11) is 2.24. The van der Waals surface area contributed by atoms with Crippen molar-refractivity contribution < 1.29 is 0 Å². The average molecular weight is 669 g/mol. The van der Waals surface area contributed by atoms with Crippen LogP contribution in [-0.2, 0) is 0 Å². The number of rotatable bonds is 6. The zero-order chi connectivity index (χ0) is 34.9. The van der Waals surface area contributed by atoms with Crippen LogP contribution >= 0.6 is 0 Å². The molecule has 1 aromatic heterocycles. The predicted octanol–water partition coefficient (Wildman–Crippen LogP) is 10.1. The minimum atomic E-state index is 0.0907. The van der Waals surface area contributed by atoms with Gasteiger partial charge in [0, 0.05) is 69.1 Å². The van der Waals surface area contributed by atoms with Crippen molar-refractivity contribution in [3.05, 3.63) is 181 Å². The molecule has 8 aromatic rings. The molecule has 0 radical (unpaired) electrons. The van der Waals surface area contributed by atoms with Crippen LogP contribution in [-0.4, -0.2) is 18.3 Å². The first-order valence-electron chi connectivity index (χ1n) is 18.1. The number of anilines is 8. The van der Waals surface area contributed by atoms with Crippen molar-refractivity contribution in [1.82, 2.24) is 4.57 Å². The van der Waals surface area contributed by atoms with Gasteiger partial charge in [0.1, 0.15) is 0 Å². The Balaban J connectivity index is 1.25. The normalized spacial score (nSPS) is 12.4. The first kappa shape index (κ1) is 30.4. The van der Waals surface area contributed by atoms with E-state index < -0.39 is 0 Å². The molecule has 0 N–H and O–H groups in total. The Morgan fingerprint density at radius 3 is 1.50 bits per heavy atom. The van der Waals surface area contributed by atoms with Crippen LogP contribution in [0.1, 0.15) is 11.3 Å². The molecule has 4 nitrogen and oxygen atoms in total. The van der Waals surface area contributed by atoms with Gasteiger partial charge in [-0.3, -0.25) is 0 Å². The lowest BCUT2D eigenvalue weighted by atomic mass is 9.34. The van der Waals surface area contributed by atoms with Crippen LogP contribution in [0.3, 0.4) is 0 Å². The van der Waals surface area contributed by atoms with E-state index in [0.29, 0.717) is 0 Å². The van der Waals surface area contributed by atoms with E-state index in [-0.39, 0.29) is 6.71 Å². The molecule has 0 aliphatic carbocycles. The van der Waals surface area contributed by atoms with Crippen molar-refractivity contribution in [3.63, 3.8) is 0 Å². The maximum absolute atomic E-state index is 2.53. The number of nitrogens with zero attached hydrogens (tertiary/aromatic N) is 4. The van der Waals surface area contributed by atoms with E-state index in [2.05, 4.69) is 210 Å². The van der Waals surface area contributed by atoms with Gasteiger partial charge in [-0.2, -0.15) is 0 Å². The summed E-state index contributed by atoms with van der Waals surface area (Å²) in [6.45, 7) is 4.64. The van der Waals surface area contributed by atoms with Crippen LogP contribution < -0.4 is 31.1 Å². The highest BCUT2D eigenvalue weighted by Gasteiger charge is 2.41. The van der Waals surface area contributed by atoms with Crippen molar-refractivity contribution in [2.24, 2.45) is 0 Å². The SMILES string of the molecule is Cc1c(C)n2c3c(cccc13)B1c3ccc(N(c4ccccc4)c4ccccc4)cc3N(C)c3cc(N(c4ccccc4)c4ccccc4)cc-2c31. The average Bonchev–Trinajstić information content (AvgIpc) is 3.46. The van der Waals surface area contributed by atoms with E-state index in [0.717, 1.165) is 34.1 Å². The van der Waals surface area contributed by atoms with Crippen molar-refractivity contribution in [3.8, 4) is 5.69 Å². The Kier molecular flexibility index (Phi) is 6.90. The quantitative estimate of drug-likeness (QED) is 0.164. The summed E-state index contributed by atoms with van der Waals surface area (Å²) in [5.41, 5.74) is 18.4. The maximum Gasteiger partial charge on any atom is 0.252 e. The van der Waals surface area contributed by atoms with Gasteiger partial charge in [-0.25, -0.2) is 0 Å². The summed E-state index contributed by atoms with van der Waals surface area (Å²) < 4.78 is 2.53. The van der Waals surface area contributed by atoms with E-state index in [1.165, 1.54) is 55.6 Å². The Morgan fingerprint density at radius 1 is 0.442 bits per heavy atom. The molecule has 52 heavy (non-hydrogen) atoms. The van der Waals surface area contributed by atoms with Crippen molar-refractivity contribution in [2.45, 2.75) is 13.8 Å². The second-order valence-corrected chi connectivity index (χ2v) is 13.9. The summed E-state index contributed by atoms with van der Waals surface area (Å²) in [5, 5.41) is 1.33. The first-order chi connectivity index (χ1) is 25.6. The number of aryl methyl sites for hydroxylation is 1. The van der Waals surface area contributed by atoms with Crippen LogP contribution in [0.2, 0.25) is 0 Å². The molecule has 5 heteroatoms. The highest BCUT2D eigenvalue weighted by Crippen LogP contribution is 2.44. The fourth-order valence-corrected chi connectivity index (χ4v) is 8.69. The summed E-state index contributed by atoms with van der Waals surface area (Å²) in [6, 6.07) is 61.6. The molecule has 0 amide bonds. The zero-order valence-electron chi connectivity index (χ0n) is 29.5. The third-order valence-electron chi connectivity index (χ3n) is 11.2. The smallest absolute Gasteiger partial charge is 0.252 e. The molecule has 10 rings (SSSR count). The van der Waals surface area contributed by atoms with Crippen molar-refractivity contribution in [1.29, 1.82) is 0 Å². The fraction of sp³-hybridized carbons (Fsp3) is 0.0638. The third-order valence-corrected chi connectivity index (χ3v) is 11.2. The fourth-order valence-electron chi connectivity index (χ4n) is 8.69. The molecule has 0 spiro atoms. The standard InChI is InChI=1S/C47H37BN4/c1-32-33(2)50-45-31-39(52(36-21-12-6-13-22-36)37-23-14-7-15-24-37)30-44-46(45)48(42-26-16-25-40(32)47(42)50)41-28-27-38(29-43(41)49(44)3)51(34-17-8-4-9-18-34)35-19-10-5-11-20-35/h4-31H,1-3H3. The number of para-hydroxylation sites is 5. The molecule has 0 saturated carbocycles. The lowest BCUT2D eigenvalue weighted by molar-refractivity contribution is 1.04. The molecule has 7 aromatic carbocycles. The molecule has 3 heterocycles. The predicted molar refractivity (Wildman–Crippen MR) is 221 cm³/mol. The lowest BCUT2D eigenvalue weighted by Gasteiger charge is -2.40. The number of benzene rings is 7. The first-order valence-corrected chi connectivity index (χ1v) is 18.1. The second kappa shape index (κ2) is 11.8. The van der Waals surface area contributed by atoms with Gasteiger partial charge in [-0.05, 0) is 109 Å².